The molecule has 13 heteroatoms. The molecule has 0 saturated heterocycles. The van der Waals surface area contributed by atoms with E-state index in [9.17, 15) is 29.7 Å². The van der Waals surface area contributed by atoms with Crippen molar-refractivity contribution >= 4 is 53.4 Å². The van der Waals surface area contributed by atoms with Gasteiger partial charge in [0.05, 0.1) is 17.3 Å². The van der Waals surface area contributed by atoms with Crippen molar-refractivity contribution in [2.45, 2.75) is 82.0 Å². The Morgan fingerprint density at radius 3 is 2.40 bits per heavy atom. The Balaban J connectivity index is 0.00000302. The van der Waals surface area contributed by atoms with Gasteiger partial charge in [-0.05, 0) is 98.7 Å². The standard InChI is InChI=1S/C39H47N5O6.2ClH/c40-27-10-12-29(13-11-27)44(39(49)50)33-21-24(9-14-30(33)26-6-2-1-3-7-26)5-4-8-36(47)42-28-19-25(20-28)22-41-23-35(46)31-15-17-34(45)38-32(31)16-18-37(48)43-38;;/h1-3,6-7,9,14-18,21,25,27-29,35,41,45-46H,4-5,8,10-13,19-20,22-23,40H2,(H,42,47)(H,43,48)(H,49,50);2*1H/t25-,27?,28-,29?,35-;;/m0../s1. The fourth-order valence-electron chi connectivity index (χ4n) is 7.47. The van der Waals surface area contributed by atoms with E-state index in [-0.39, 0.29) is 60.2 Å². The van der Waals surface area contributed by atoms with Gasteiger partial charge in [0, 0.05) is 48.1 Å². The third-order valence-electron chi connectivity index (χ3n) is 10.2. The molecule has 0 unspecified atom stereocenters. The minimum atomic E-state index is -0.964. The maximum atomic E-state index is 12.8. The maximum Gasteiger partial charge on any atom is 0.412 e. The number of phenolic OH excluding ortho intramolecular Hbond substituents is 1. The summed E-state index contributed by atoms with van der Waals surface area (Å²) < 4.78 is 0. The highest BCUT2D eigenvalue weighted by Gasteiger charge is 2.32. The fraction of sp³-hybridized carbons (Fsp3) is 0.410. The Labute approximate surface area is 315 Å². The number of nitrogens with two attached hydrogens (primary N) is 1. The van der Waals surface area contributed by atoms with Crippen LogP contribution in [0.25, 0.3) is 22.0 Å². The molecule has 2 aliphatic rings. The van der Waals surface area contributed by atoms with Gasteiger partial charge in [0.2, 0.25) is 11.5 Å². The van der Waals surface area contributed by atoms with Crippen molar-refractivity contribution in [3.63, 3.8) is 0 Å². The van der Waals surface area contributed by atoms with Gasteiger partial charge in [-0.25, -0.2) is 4.79 Å². The fourth-order valence-corrected chi connectivity index (χ4v) is 7.47. The van der Waals surface area contributed by atoms with Crippen LogP contribution in [0.5, 0.6) is 5.75 Å². The number of carbonyl (C=O) groups is 2. The number of H-pyrrole nitrogens is 1. The SMILES string of the molecule is Cl.Cl.NC1CCC(N(C(=O)O)c2cc(CCCC(=O)N[C@H]3C[C@H](CNC[C@H](O)c4ccc(O)c5[nH]c(=O)ccc45)C3)ccc2-c2ccccc2)CC1. The normalized spacial score (nSPS) is 20.1. The first-order chi connectivity index (χ1) is 24.2. The topological polar surface area (TPSA) is 181 Å². The van der Waals surface area contributed by atoms with Crippen molar-refractivity contribution in [1.82, 2.24) is 15.6 Å². The van der Waals surface area contributed by atoms with Gasteiger partial charge in [0.25, 0.3) is 0 Å². The second-order valence-electron chi connectivity index (χ2n) is 13.9. The van der Waals surface area contributed by atoms with Crippen LogP contribution in [-0.2, 0) is 11.2 Å². The number of hydrogen-bond donors (Lipinski definition) is 7. The number of rotatable bonds is 13. The molecule has 8 N–H and O–H groups in total. The van der Waals surface area contributed by atoms with Crippen molar-refractivity contribution in [2.75, 3.05) is 18.0 Å². The zero-order chi connectivity index (χ0) is 35.2. The Kier molecular flexibility index (Phi) is 14.5. The van der Waals surface area contributed by atoms with E-state index >= 15 is 0 Å². The number of nitrogens with zero attached hydrogens (tertiary/aromatic N) is 1. The van der Waals surface area contributed by atoms with E-state index in [1.807, 2.05) is 48.5 Å². The van der Waals surface area contributed by atoms with E-state index in [0.717, 1.165) is 55.2 Å². The lowest BCUT2D eigenvalue weighted by Crippen LogP contribution is -2.47. The van der Waals surface area contributed by atoms with Crippen LogP contribution in [0.3, 0.4) is 0 Å². The van der Waals surface area contributed by atoms with Gasteiger partial charge in [-0.1, -0.05) is 48.5 Å². The van der Waals surface area contributed by atoms with E-state index in [1.54, 1.807) is 12.1 Å². The number of phenols is 1. The van der Waals surface area contributed by atoms with Crippen LogP contribution in [0.4, 0.5) is 10.5 Å². The van der Waals surface area contributed by atoms with Crippen LogP contribution in [0.15, 0.2) is 77.6 Å². The molecule has 52 heavy (non-hydrogen) atoms. The molecule has 1 heterocycles. The zero-order valence-corrected chi connectivity index (χ0v) is 30.6. The van der Waals surface area contributed by atoms with Gasteiger partial charge in [0.15, 0.2) is 0 Å². The Morgan fingerprint density at radius 2 is 1.69 bits per heavy atom. The molecule has 2 saturated carbocycles. The summed E-state index contributed by atoms with van der Waals surface area (Å²) in [5.74, 6) is 0.360. The van der Waals surface area contributed by atoms with E-state index in [1.165, 1.54) is 17.0 Å². The number of hydrogen-bond acceptors (Lipinski definition) is 7. The van der Waals surface area contributed by atoms with Crippen molar-refractivity contribution < 1.29 is 24.9 Å². The number of fused-ring (bicyclic) bond motifs is 1. The molecule has 1 aromatic heterocycles. The van der Waals surface area contributed by atoms with E-state index in [2.05, 4.69) is 15.6 Å². The van der Waals surface area contributed by atoms with Crippen LogP contribution in [0.2, 0.25) is 0 Å². The summed E-state index contributed by atoms with van der Waals surface area (Å²) in [6, 6.07) is 22.1. The molecule has 2 aliphatic carbocycles. The average Bonchev–Trinajstić information content (AvgIpc) is 3.08. The van der Waals surface area contributed by atoms with E-state index in [4.69, 9.17) is 5.73 Å². The molecule has 0 spiro atoms. The summed E-state index contributed by atoms with van der Waals surface area (Å²) in [4.78, 5) is 41.3. The molecule has 0 aliphatic heterocycles. The predicted molar refractivity (Wildman–Crippen MR) is 209 cm³/mol. The molecule has 6 rings (SSSR count). The molecule has 2 fully saturated rings. The van der Waals surface area contributed by atoms with Gasteiger partial charge in [-0.2, -0.15) is 0 Å². The van der Waals surface area contributed by atoms with Gasteiger partial charge < -0.3 is 36.7 Å². The first kappa shape index (κ1) is 40.6. The summed E-state index contributed by atoms with van der Waals surface area (Å²) in [6.07, 6.45) is 4.69. The van der Waals surface area contributed by atoms with Crippen LogP contribution in [0, 0.1) is 5.92 Å². The Bertz CT molecular complexity index is 1860. The third kappa shape index (κ3) is 9.84. The molecule has 0 radical (unpaired) electrons. The summed E-state index contributed by atoms with van der Waals surface area (Å²) in [5, 5.41) is 38.3. The first-order valence-electron chi connectivity index (χ1n) is 17.7. The second kappa shape index (κ2) is 18.6. The highest BCUT2D eigenvalue weighted by Crippen LogP contribution is 2.37. The monoisotopic (exact) mass is 753 g/mol. The molecule has 1 atom stereocenters. The molecule has 0 bridgehead atoms. The van der Waals surface area contributed by atoms with Gasteiger partial charge in [0.1, 0.15) is 5.75 Å². The minimum Gasteiger partial charge on any atom is -0.506 e. The first-order valence-corrected chi connectivity index (χ1v) is 17.7. The van der Waals surface area contributed by atoms with E-state index < -0.39 is 12.2 Å². The summed E-state index contributed by atoms with van der Waals surface area (Å²) in [7, 11) is 0. The lowest BCUT2D eigenvalue weighted by molar-refractivity contribution is -0.122. The van der Waals surface area contributed by atoms with Crippen molar-refractivity contribution in [2.24, 2.45) is 11.7 Å². The lowest BCUT2D eigenvalue weighted by Gasteiger charge is -2.36. The number of aliphatic hydroxyl groups is 1. The average molecular weight is 755 g/mol. The highest BCUT2D eigenvalue weighted by molar-refractivity contribution is 5.94. The van der Waals surface area contributed by atoms with Crippen LogP contribution >= 0.6 is 24.8 Å². The number of aromatic amines is 1. The number of nitrogens with one attached hydrogen (secondary N) is 3. The number of anilines is 1. The molecule has 2 amide bonds. The molecule has 4 aromatic rings. The van der Waals surface area contributed by atoms with Crippen molar-refractivity contribution in [1.29, 1.82) is 0 Å². The number of pyridine rings is 1. The van der Waals surface area contributed by atoms with Crippen LogP contribution in [0.1, 0.15) is 68.6 Å². The van der Waals surface area contributed by atoms with Gasteiger partial charge in [-0.3, -0.25) is 14.5 Å². The quantitative estimate of drug-likeness (QED) is 0.0863. The van der Waals surface area contributed by atoms with Gasteiger partial charge in [-0.15, -0.1) is 24.8 Å². The molecule has 280 valence electrons. The number of halogens is 2. The number of benzene rings is 3. The maximum absolute atomic E-state index is 12.8. The number of aliphatic hydroxyl groups excluding tert-OH is 1. The van der Waals surface area contributed by atoms with Crippen molar-refractivity contribution in [3.05, 3.63) is 94.3 Å². The Hall–Kier alpha value is -4.13. The summed E-state index contributed by atoms with van der Waals surface area (Å²) in [5.41, 5.74) is 10.3. The number of amides is 2. The number of carbonyl (C=O) groups excluding carboxylic acids is 1. The molecular formula is C39H49Cl2N5O6. The number of aryl methyl sites for hydroxylation is 1. The lowest BCUT2D eigenvalue weighted by atomic mass is 9.80. The smallest absolute Gasteiger partial charge is 0.412 e. The molecule has 3 aromatic carbocycles. The number of aromatic nitrogens is 1. The largest absolute Gasteiger partial charge is 0.506 e. The van der Waals surface area contributed by atoms with Gasteiger partial charge >= 0.3 is 6.09 Å². The predicted octanol–water partition coefficient (Wildman–Crippen LogP) is 6.04. The zero-order valence-electron chi connectivity index (χ0n) is 29.0. The summed E-state index contributed by atoms with van der Waals surface area (Å²) >= 11 is 0. The van der Waals surface area contributed by atoms with Crippen LogP contribution < -0.4 is 26.8 Å². The number of aromatic hydroxyl groups is 1. The Morgan fingerprint density at radius 1 is 0.962 bits per heavy atom. The van der Waals surface area contributed by atoms with Crippen molar-refractivity contribution in [3.8, 4) is 16.9 Å². The molecule has 11 nitrogen and oxygen atoms in total. The second-order valence-corrected chi connectivity index (χ2v) is 13.9. The van der Waals surface area contributed by atoms with Crippen LogP contribution in [-0.4, -0.2) is 63.5 Å². The minimum absolute atomic E-state index is 0. The molecular weight excluding hydrogens is 705 g/mol. The third-order valence-corrected chi connectivity index (χ3v) is 10.2. The summed E-state index contributed by atoms with van der Waals surface area (Å²) in [6.45, 7) is 1.03. The number of carboxylic acid groups (broad SMARTS) is 1. The highest BCUT2D eigenvalue weighted by atomic mass is 35.5. The van der Waals surface area contributed by atoms with E-state index in [0.29, 0.717) is 60.4 Å².